The predicted molar refractivity (Wildman–Crippen MR) is 142 cm³/mol. The van der Waals surface area contributed by atoms with E-state index in [-0.39, 0.29) is 41.8 Å². The molecule has 3 aromatic carbocycles. The highest BCUT2D eigenvalue weighted by molar-refractivity contribution is 6.04. The van der Waals surface area contributed by atoms with Gasteiger partial charge in [-0.3, -0.25) is 9.59 Å². The van der Waals surface area contributed by atoms with Gasteiger partial charge in [0.1, 0.15) is 18.2 Å². The summed E-state index contributed by atoms with van der Waals surface area (Å²) in [5.74, 6) is -0.361. The van der Waals surface area contributed by atoms with E-state index in [0.717, 1.165) is 16.9 Å². The summed E-state index contributed by atoms with van der Waals surface area (Å²) in [6, 6.07) is 21.1. The van der Waals surface area contributed by atoms with Gasteiger partial charge >= 0.3 is 0 Å². The quantitative estimate of drug-likeness (QED) is 0.228. The molecule has 0 saturated carbocycles. The first kappa shape index (κ1) is 25.6. The first-order chi connectivity index (χ1) is 18.4. The number of benzene rings is 3. The zero-order valence-electron chi connectivity index (χ0n) is 21.1. The Morgan fingerprint density at radius 3 is 2.24 bits per heavy atom. The molecular weight excluding hydrogens is 484 g/mol. The molecule has 194 valence electrons. The van der Waals surface area contributed by atoms with Crippen LogP contribution in [0.2, 0.25) is 0 Å². The highest BCUT2D eigenvalue weighted by Gasteiger charge is 2.50. The summed E-state index contributed by atoms with van der Waals surface area (Å²) < 4.78 is 32.9. The molecule has 1 aliphatic carbocycles. The molecule has 0 aromatic heterocycles. The van der Waals surface area contributed by atoms with Crippen LogP contribution in [0.4, 0.5) is 14.5 Å². The number of ketones is 1. The van der Waals surface area contributed by atoms with Gasteiger partial charge in [0, 0.05) is 24.1 Å². The molecule has 0 spiro atoms. The van der Waals surface area contributed by atoms with Crippen molar-refractivity contribution in [2.45, 2.75) is 38.8 Å². The van der Waals surface area contributed by atoms with E-state index in [2.05, 4.69) is 6.92 Å². The third kappa shape index (κ3) is 5.44. The van der Waals surface area contributed by atoms with E-state index in [0.29, 0.717) is 30.7 Å². The minimum Gasteiger partial charge on any atom is -0.493 e. The maximum absolute atomic E-state index is 13.6. The molecule has 2 unspecified atom stereocenters. The van der Waals surface area contributed by atoms with Crippen molar-refractivity contribution in [1.29, 1.82) is 0 Å². The third-order valence-corrected chi connectivity index (χ3v) is 7.31. The molecule has 38 heavy (non-hydrogen) atoms. The Bertz CT molecular complexity index is 1360. The van der Waals surface area contributed by atoms with Crippen LogP contribution in [0.5, 0.6) is 0 Å². The van der Waals surface area contributed by atoms with Crippen molar-refractivity contribution >= 4 is 17.4 Å². The summed E-state index contributed by atoms with van der Waals surface area (Å²) >= 11 is 0. The number of hydrogen-bond donors (Lipinski definition) is 0. The van der Waals surface area contributed by atoms with Crippen LogP contribution in [0.25, 0.3) is 0 Å². The molecular formula is C32H29F2NO3. The second-order valence-corrected chi connectivity index (χ2v) is 9.88. The first-order valence-corrected chi connectivity index (χ1v) is 12.9. The van der Waals surface area contributed by atoms with Crippen molar-refractivity contribution < 1.29 is 23.1 Å². The molecule has 4 nitrogen and oxygen atoms in total. The molecule has 1 saturated heterocycles. The summed E-state index contributed by atoms with van der Waals surface area (Å²) in [7, 11) is 0. The molecule has 5 rings (SSSR count). The van der Waals surface area contributed by atoms with Gasteiger partial charge in [0.15, 0.2) is 5.78 Å². The molecule has 3 atom stereocenters. The monoisotopic (exact) mass is 513 g/mol. The second-order valence-electron chi connectivity index (χ2n) is 9.88. The van der Waals surface area contributed by atoms with Crippen LogP contribution in [0, 0.1) is 23.5 Å². The number of amides is 1. The van der Waals surface area contributed by atoms with Gasteiger partial charge in [0.05, 0.1) is 17.7 Å². The largest absolute Gasteiger partial charge is 0.493 e. The van der Waals surface area contributed by atoms with E-state index in [9.17, 15) is 18.4 Å². The highest BCUT2D eigenvalue weighted by atomic mass is 19.1. The molecule has 0 bridgehead atoms. The SMILES string of the molecule is CC1CC(OCc2ccccc2)=CC=C1[C@@H]1C(CCC(=O)c2ccc(F)cc2)C(=O)N1c1ccc(F)cc1. The van der Waals surface area contributed by atoms with Crippen LogP contribution >= 0.6 is 0 Å². The number of allylic oxidation sites excluding steroid dienone is 3. The van der Waals surface area contributed by atoms with E-state index in [4.69, 9.17) is 4.74 Å². The number of β-lactam (4-membered cyclic amide) rings is 1. The van der Waals surface area contributed by atoms with E-state index < -0.39 is 5.82 Å². The van der Waals surface area contributed by atoms with Crippen LogP contribution in [-0.2, 0) is 16.1 Å². The topological polar surface area (TPSA) is 46.6 Å². The van der Waals surface area contributed by atoms with Gasteiger partial charge in [0.2, 0.25) is 5.91 Å². The first-order valence-electron chi connectivity index (χ1n) is 12.9. The van der Waals surface area contributed by atoms with Crippen molar-refractivity contribution in [3.63, 3.8) is 0 Å². The molecule has 0 radical (unpaired) electrons. The number of ether oxygens (including phenoxy) is 1. The number of nitrogens with zero attached hydrogens (tertiary/aromatic N) is 1. The lowest BCUT2D eigenvalue weighted by Gasteiger charge is -2.50. The number of carbonyl (C=O) groups excluding carboxylic acids is 2. The number of Topliss-reactive ketones (excluding diaryl/α,β-unsaturated/α-hetero) is 1. The molecule has 3 aromatic rings. The Balaban J connectivity index is 1.35. The molecule has 1 amide bonds. The Morgan fingerprint density at radius 2 is 1.58 bits per heavy atom. The fraction of sp³-hybridized carbons (Fsp3) is 0.250. The highest BCUT2D eigenvalue weighted by Crippen LogP contribution is 2.43. The predicted octanol–water partition coefficient (Wildman–Crippen LogP) is 7.03. The summed E-state index contributed by atoms with van der Waals surface area (Å²) in [5, 5.41) is 0. The van der Waals surface area contributed by atoms with Gasteiger partial charge in [-0.2, -0.15) is 0 Å². The van der Waals surface area contributed by atoms with Crippen molar-refractivity contribution in [3.8, 4) is 0 Å². The Morgan fingerprint density at radius 1 is 0.921 bits per heavy atom. The molecule has 1 aliphatic heterocycles. The van der Waals surface area contributed by atoms with Crippen LogP contribution in [0.3, 0.4) is 0 Å². The van der Waals surface area contributed by atoms with Gasteiger partial charge < -0.3 is 9.64 Å². The van der Waals surface area contributed by atoms with Crippen LogP contribution in [0.15, 0.2) is 102 Å². The van der Waals surface area contributed by atoms with Crippen molar-refractivity contribution in [2.24, 2.45) is 11.8 Å². The van der Waals surface area contributed by atoms with E-state index >= 15 is 0 Å². The van der Waals surface area contributed by atoms with Gasteiger partial charge in [-0.15, -0.1) is 0 Å². The summed E-state index contributed by atoms with van der Waals surface area (Å²) in [4.78, 5) is 27.8. The lowest BCUT2D eigenvalue weighted by atomic mass is 9.73. The van der Waals surface area contributed by atoms with Gasteiger partial charge in [-0.05, 0) is 78.1 Å². The zero-order chi connectivity index (χ0) is 26.6. The van der Waals surface area contributed by atoms with Crippen LogP contribution in [0.1, 0.15) is 42.1 Å². The van der Waals surface area contributed by atoms with Crippen LogP contribution < -0.4 is 4.90 Å². The summed E-state index contributed by atoms with van der Waals surface area (Å²) in [6.45, 7) is 2.59. The molecule has 2 aliphatic rings. The average Bonchev–Trinajstić information content (AvgIpc) is 2.93. The lowest BCUT2D eigenvalue weighted by Crippen LogP contribution is -2.63. The minimum atomic E-state index is -0.399. The molecule has 6 heteroatoms. The van der Waals surface area contributed by atoms with Crippen molar-refractivity contribution in [3.05, 3.63) is 125 Å². The smallest absolute Gasteiger partial charge is 0.233 e. The third-order valence-electron chi connectivity index (χ3n) is 7.31. The maximum atomic E-state index is 13.6. The number of anilines is 1. The summed E-state index contributed by atoms with van der Waals surface area (Å²) in [5.41, 5.74) is 3.23. The van der Waals surface area contributed by atoms with E-state index in [1.54, 1.807) is 17.0 Å². The number of halogens is 2. The fourth-order valence-electron chi connectivity index (χ4n) is 5.26. The molecule has 1 heterocycles. The fourth-order valence-corrected chi connectivity index (χ4v) is 5.26. The molecule has 0 N–H and O–H groups in total. The second kappa shape index (κ2) is 11.1. The van der Waals surface area contributed by atoms with Crippen molar-refractivity contribution in [1.82, 2.24) is 0 Å². The Kier molecular flexibility index (Phi) is 7.50. The molecule has 1 fully saturated rings. The standard InChI is InChI=1S/C32H29F2NO3/c1-21-19-27(38-20-22-5-3-2-4-6-22)15-16-28(21)31-29(17-18-30(36)23-7-9-24(33)10-8-23)32(37)35(31)26-13-11-25(34)12-14-26/h2-16,21,29,31H,17-20H2,1H3/t21?,29?,31-/m1/s1. The number of hydrogen-bond acceptors (Lipinski definition) is 3. The van der Waals surface area contributed by atoms with Crippen LogP contribution in [-0.4, -0.2) is 17.7 Å². The Hall–Kier alpha value is -4.06. The zero-order valence-corrected chi connectivity index (χ0v) is 21.1. The lowest BCUT2D eigenvalue weighted by molar-refractivity contribution is -0.129. The number of rotatable bonds is 9. The minimum absolute atomic E-state index is 0.0864. The normalized spacial score (nSPS) is 20.9. The average molecular weight is 514 g/mol. The maximum Gasteiger partial charge on any atom is 0.233 e. The van der Waals surface area contributed by atoms with Gasteiger partial charge in [0.25, 0.3) is 0 Å². The van der Waals surface area contributed by atoms with Gasteiger partial charge in [-0.25, -0.2) is 8.78 Å². The van der Waals surface area contributed by atoms with Crippen molar-refractivity contribution in [2.75, 3.05) is 4.90 Å². The summed E-state index contributed by atoms with van der Waals surface area (Å²) in [6.07, 6.45) is 5.24. The Labute approximate surface area is 221 Å². The number of carbonyl (C=O) groups is 2. The van der Waals surface area contributed by atoms with E-state index in [1.165, 1.54) is 36.4 Å². The van der Waals surface area contributed by atoms with E-state index in [1.807, 2.05) is 42.5 Å². The van der Waals surface area contributed by atoms with Gasteiger partial charge in [-0.1, -0.05) is 43.3 Å².